The predicted octanol–water partition coefficient (Wildman–Crippen LogP) is -5.72. The van der Waals surface area contributed by atoms with Crippen LogP contribution in [-0.4, -0.2) is 201 Å². The zero-order valence-corrected chi connectivity index (χ0v) is 29.9. The molecule has 0 saturated carbocycles. The Labute approximate surface area is 310 Å². The summed E-state index contributed by atoms with van der Waals surface area (Å²) in [6, 6.07) is -2.78. The Morgan fingerprint density at radius 2 is 1.54 bits per heavy atom. The molecular formula is C32H56N2O20. The number of rotatable bonds is 22. The highest BCUT2D eigenvalue weighted by atomic mass is 16.8. The fourth-order valence-electron chi connectivity index (χ4n) is 6.56. The van der Waals surface area contributed by atoms with Crippen LogP contribution in [0.2, 0.25) is 0 Å². The first-order valence-electron chi connectivity index (χ1n) is 17.8. The molecule has 22 nitrogen and oxygen atoms in total. The van der Waals surface area contributed by atoms with Gasteiger partial charge in [0.25, 0.3) is 5.79 Å². The van der Waals surface area contributed by atoms with Crippen LogP contribution >= 0.6 is 0 Å². The van der Waals surface area contributed by atoms with Crippen molar-refractivity contribution in [1.82, 2.24) is 5.32 Å². The summed E-state index contributed by atoms with van der Waals surface area (Å²) in [5.74, 6) is -5.15. The third kappa shape index (κ3) is 11.4. The van der Waals surface area contributed by atoms with Crippen molar-refractivity contribution in [3.8, 4) is 0 Å². The highest BCUT2D eigenvalue weighted by molar-refractivity contribution is 5.76. The minimum absolute atomic E-state index is 0.142. The summed E-state index contributed by atoms with van der Waals surface area (Å²) in [5.41, 5.74) is 5.90. The Hall–Kier alpha value is -2.23. The summed E-state index contributed by atoms with van der Waals surface area (Å²) in [7, 11) is 1.33. The zero-order chi connectivity index (χ0) is 40.2. The van der Waals surface area contributed by atoms with Gasteiger partial charge in [0, 0.05) is 19.4 Å². The van der Waals surface area contributed by atoms with Crippen LogP contribution in [0.5, 0.6) is 0 Å². The van der Waals surface area contributed by atoms with Gasteiger partial charge in [0.15, 0.2) is 12.6 Å². The molecule has 13 N–H and O–H groups in total. The molecule has 0 spiro atoms. The van der Waals surface area contributed by atoms with Crippen LogP contribution in [0.1, 0.15) is 51.4 Å². The summed E-state index contributed by atoms with van der Waals surface area (Å²) in [6.45, 7) is -2.59. The number of hydrogen-bond acceptors (Lipinski definition) is 20. The number of aliphatic hydroxyl groups excluding tert-OH is 9. The van der Waals surface area contributed by atoms with E-state index >= 15 is 0 Å². The molecule has 1 amide bonds. The second-order valence-corrected chi connectivity index (χ2v) is 13.5. The Morgan fingerprint density at radius 1 is 0.907 bits per heavy atom. The van der Waals surface area contributed by atoms with Gasteiger partial charge in [-0.25, -0.2) is 4.79 Å². The normalized spacial score (nSPS) is 38.3. The SMILES string of the molecule is COC(=O)CCCCCCCCO[C@@H]1O[C@H](CO)[C@@H](O[C@@H]2O[C@H](CO)[C@H](O)[C@H](O[C@]3(C(=O)O)C[C@H](O)[C@@H](N)[C@H]([C@H](O)[C@H](O)CO)O3)[C@H]2O)[C@H](O)[C@H]1NC=O. The Kier molecular flexibility index (Phi) is 18.7. The molecule has 0 aliphatic carbocycles. The lowest BCUT2D eigenvalue weighted by Crippen LogP contribution is -2.70. The lowest BCUT2D eigenvalue weighted by Gasteiger charge is -2.50. The van der Waals surface area contributed by atoms with Gasteiger partial charge in [-0.15, -0.1) is 0 Å². The number of nitrogens with two attached hydrogens (primary N) is 1. The van der Waals surface area contributed by atoms with Gasteiger partial charge >= 0.3 is 11.9 Å². The maximum atomic E-state index is 12.6. The number of aliphatic hydroxyl groups is 9. The maximum Gasteiger partial charge on any atom is 0.364 e. The van der Waals surface area contributed by atoms with Crippen LogP contribution in [0.15, 0.2) is 0 Å². The van der Waals surface area contributed by atoms with Crippen LogP contribution in [0.4, 0.5) is 0 Å². The van der Waals surface area contributed by atoms with Gasteiger partial charge in [0.05, 0.1) is 39.1 Å². The minimum Gasteiger partial charge on any atom is -0.477 e. The molecule has 0 aromatic rings. The van der Waals surface area contributed by atoms with Gasteiger partial charge in [-0.2, -0.15) is 0 Å². The van der Waals surface area contributed by atoms with Crippen LogP contribution in [-0.2, 0) is 47.5 Å². The van der Waals surface area contributed by atoms with Gasteiger partial charge in [-0.05, 0) is 12.8 Å². The number of carbonyl (C=O) groups excluding carboxylic acids is 2. The number of unbranched alkanes of at least 4 members (excludes halogenated alkanes) is 5. The molecule has 0 bridgehead atoms. The van der Waals surface area contributed by atoms with E-state index in [4.69, 9.17) is 34.2 Å². The Morgan fingerprint density at radius 3 is 2.13 bits per heavy atom. The molecule has 3 heterocycles. The summed E-state index contributed by atoms with van der Waals surface area (Å²) >= 11 is 0. The summed E-state index contributed by atoms with van der Waals surface area (Å²) in [5, 5.41) is 107. The lowest BCUT2D eigenvalue weighted by molar-refractivity contribution is -0.382. The lowest BCUT2D eigenvalue weighted by atomic mass is 9.88. The standard InChI is InChI=1S/C32H56N2O20/c1-48-19(41)8-6-4-2-3-5-7-9-49-29-21(34-14-38)24(44)26(18(13-37)51-29)52-30-25(45)28(23(43)17(12-36)50-30)54-32(31(46)47)10-15(39)20(33)27(53-32)22(42)16(40)11-35/h14-18,20-30,35-37,39-40,42-45H,2-13,33H2,1H3,(H,34,38)(H,46,47)/t15-,16+,17+,18+,20+,21+,22+,23-,24+,25+,26+,27+,28-,29+,30-,32-/m0/s1. The number of esters is 1. The van der Waals surface area contributed by atoms with Gasteiger partial charge in [0.1, 0.15) is 67.1 Å². The highest BCUT2D eigenvalue weighted by Crippen LogP contribution is 2.38. The molecule has 3 rings (SSSR count). The second kappa shape index (κ2) is 21.9. The van der Waals surface area contributed by atoms with E-state index in [0.717, 1.165) is 25.7 Å². The van der Waals surface area contributed by atoms with Crippen LogP contribution in [0.3, 0.4) is 0 Å². The van der Waals surface area contributed by atoms with Gasteiger partial charge in [0.2, 0.25) is 6.41 Å². The molecule has 22 heteroatoms. The van der Waals surface area contributed by atoms with E-state index in [1.807, 2.05) is 0 Å². The third-order valence-electron chi connectivity index (χ3n) is 9.71. The van der Waals surface area contributed by atoms with E-state index in [-0.39, 0.29) is 19.0 Å². The van der Waals surface area contributed by atoms with Crippen molar-refractivity contribution in [2.24, 2.45) is 5.73 Å². The molecule has 0 aromatic heterocycles. The zero-order valence-electron chi connectivity index (χ0n) is 29.9. The summed E-state index contributed by atoms with van der Waals surface area (Å²) < 4.78 is 38.7. The fourth-order valence-corrected chi connectivity index (χ4v) is 6.56. The molecule has 0 unspecified atom stereocenters. The van der Waals surface area contributed by atoms with E-state index in [1.54, 1.807) is 0 Å². The van der Waals surface area contributed by atoms with Crippen LogP contribution in [0, 0.1) is 0 Å². The summed E-state index contributed by atoms with van der Waals surface area (Å²) in [6.07, 6.45) is -19.0. The average Bonchev–Trinajstić information content (AvgIpc) is 3.16. The predicted molar refractivity (Wildman–Crippen MR) is 175 cm³/mol. The number of ether oxygens (including phenoxy) is 7. The Balaban J connectivity index is 1.72. The largest absolute Gasteiger partial charge is 0.477 e. The van der Waals surface area contributed by atoms with Gasteiger partial charge < -0.3 is 95.3 Å². The number of hydrogen-bond donors (Lipinski definition) is 12. The number of carboxylic acids is 1. The topological polar surface area (TPSA) is 356 Å². The average molecular weight is 789 g/mol. The molecule has 0 radical (unpaired) electrons. The molecule has 0 aromatic carbocycles. The van der Waals surface area contributed by atoms with Gasteiger partial charge in [-0.3, -0.25) is 9.59 Å². The first-order chi connectivity index (χ1) is 25.7. The number of nitrogens with one attached hydrogen (secondary N) is 1. The number of carboxylic acid groups (broad SMARTS) is 1. The maximum absolute atomic E-state index is 12.6. The molecular weight excluding hydrogens is 732 g/mol. The van der Waals surface area contributed by atoms with Crippen molar-refractivity contribution in [1.29, 1.82) is 0 Å². The number of carbonyl (C=O) groups is 3. The number of amides is 1. The minimum atomic E-state index is -2.96. The molecule has 54 heavy (non-hydrogen) atoms. The van der Waals surface area contributed by atoms with Crippen molar-refractivity contribution in [3.63, 3.8) is 0 Å². The van der Waals surface area contributed by atoms with Gasteiger partial charge in [-0.1, -0.05) is 25.7 Å². The van der Waals surface area contributed by atoms with Crippen molar-refractivity contribution in [2.75, 3.05) is 33.5 Å². The number of aliphatic carboxylic acids is 1. The van der Waals surface area contributed by atoms with E-state index in [2.05, 4.69) is 10.1 Å². The number of methoxy groups -OCH3 is 1. The van der Waals surface area contributed by atoms with Crippen molar-refractivity contribution in [2.45, 2.75) is 149 Å². The molecule has 3 aliphatic heterocycles. The quantitative estimate of drug-likeness (QED) is 0.0276. The monoisotopic (exact) mass is 788 g/mol. The van der Waals surface area contributed by atoms with Crippen molar-refractivity contribution >= 4 is 18.3 Å². The molecule has 16 atom stereocenters. The van der Waals surface area contributed by atoms with Crippen molar-refractivity contribution < 1.29 is 98.6 Å². The fraction of sp³-hybridized carbons (Fsp3) is 0.906. The molecule has 3 saturated heterocycles. The summed E-state index contributed by atoms with van der Waals surface area (Å²) in [4.78, 5) is 35.3. The van der Waals surface area contributed by atoms with E-state index in [1.165, 1.54) is 7.11 Å². The first kappa shape index (κ1) is 46.2. The van der Waals surface area contributed by atoms with E-state index in [0.29, 0.717) is 19.3 Å². The second-order valence-electron chi connectivity index (χ2n) is 13.5. The smallest absolute Gasteiger partial charge is 0.364 e. The molecule has 314 valence electrons. The van der Waals surface area contributed by atoms with E-state index in [9.17, 15) is 65.4 Å². The third-order valence-corrected chi connectivity index (χ3v) is 9.71. The van der Waals surface area contributed by atoms with E-state index < -0.39 is 130 Å². The molecule has 3 fully saturated rings. The molecule has 3 aliphatic rings. The highest BCUT2D eigenvalue weighted by Gasteiger charge is 2.59. The van der Waals surface area contributed by atoms with Crippen LogP contribution in [0.25, 0.3) is 0 Å². The Bertz CT molecular complexity index is 1160. The van der Waals surface area contributed by atoms with Crippen LogP contribution < -0.4 is 11.1 Å². The van der Waals surface area contributed by atoms with Crippen molar-refractivity contribution in [3.05, 3.63) is 0 Å². The first-order valence-corrected chi connectivity index (χ1v) is 17.8.